The summed E-state index contributed by atoms with van der Waals surface area (Å²) in [6, 6.07) is 19.1. The molecule has 0 bridgehead atoms. The van der Waals surface area contributed by atoms with E-state index in [0.717, 1.165) is 30.4 Å². The summed E-state index contributed by atoms with van der Waals surface area (Å²) in [5, 5.41) is 19.8. The molecule has 2 heterocycles. The van der Waals surface area contributed by atoms with Crippen molar-refractivity contribution in [1.82, 2.24) is 0 Å². The van der Waals surface area contributed by atoms with E-state index in [1.165, 1.54) is 12.1 Å². The minimum Gasteiger partial charge on any atom is -0.506 e. The molecule has 3 aromatic carbocycles. The molecule has 0 saturated carbocycles. The first-order chi connectivity index (χ1) is 20.0. The van der Waals surface area contributed by atoms with Crippen molar-refractivity contribution in [3.63, 3.8) is 0 Å². The third kappa shape index (κ3) is 7.37. The summed E-state index contributed by atoms with van der Waals surface area (Å²) in [7, 11) is 0. The van der Waals surface area contributed by atoms with Crippen LogP contribution in [0.3, 0.4) is 0 Å². The number of nitrogens with one attached hydrogen (secondary N) is 3. The number of para-hydroxylation sites is 1. The van der Waals surface area contributed by atoms with Gasteiger partial charge in [-0.25, -0.2) is 14.4 Å². The number of benzene rings is 3. The number of guanidine groups is 1. The van der Waals surface area contributed by atoms with E-state index in [1.54, 1.807) is 24.4 Å². The average Bonchev–Trinajstić information content (AvgIpc) is 3.36. The van der Waals surface area contributed by atoms with Gasteiger partial charge in [0, 0.05) is 54.4 Å². The number of aromatic hydroxyl groups is 1. The van der Waals surface area contributed by atoms with Crippen LogP contribution in [0.4, 0.5) is 27.1 Å². The van der Waals surface area contributed by atoms with Crippen LogP contribution in [0, 0.1) is 5.82 Å². The molecule has 0 spiro atoms. The first kappa shape index (κ1) is 27.6. The number of phenolic OH excluding ortho intramolecular Hbond substituents is 1. The molecule has 5 rings (SSSR count). The number of hydrogen-bond acceptors (Lipinski definition) is 8. The molecule has 0 aromatic heterocycles. The number of carbonyl (C=O) groups excluding carboxylic acids is 1. The first-order valence-electron chi connectivity index (χ1n) is 13.3. The zero-order valence-corrected chi connectivity index (χ0v) is 22.4. The molecule has 41 heavy (non-hydrogen) atoms. The summed E-state index contributed by atoms with van der Waals surface area (Å²) in [5.41, 5.74) is 4.27. The smallest absolute Gasteiger partial charge is 0.247 e. The highest BCUT2D eigenvalue weighted by molar-refractivity contribution is 6.12. The highest BCUT2D eigenvalue weighted by Gasteiger charge is 2.18. The third-order valence-corrected chi connectivity index (χ3v) is 6.50. The van der Waals surface area contributed by atoms with E-state index in [1.807, 2.05) is 36.4 Å². The van der Waals surface area contributed by atoms with Crippen LogP contribution < -0.4 is 20.9 Å². The van der Waals surface area contributed by atoms with Gasteiger partial charge in [0.2, 0.25) is 11.9 Å². The van der Waals surface area contributed by atoms with Gasteiger partial charge in [-0.1, -0.05) is 24.8 Å². The lowest BCUT2D eigenvalue weighted by molar-refractivity contribution is -0.111. The van der Waals surface area contributed by atoms with Crippen molar-refractivity contribution < 1.29 is 19.0 Å². The number of carbonyl (C=O) groups is 1. The van der Waals surface area contributed by atoms with E-state index in [9.17, 15) is 14.3 Å². The van der Waals surface area contributed by atoms with Gasteiger partial charge in [-0.05, 0) is 61.0 Å². The lowest BCUT2D eigenvalue weighted by Gasteiger charge is -2.23. The number of phenols is 1. The number of rotatable bonds is 7. The molecule has 9 nitrogen and oxygen atoms in total. The number of anilines is 4. The quantitative estimate of drug-likeness (QED) is 0.227. The van der Waals surface area contributed by atoms with Gasteiger partial charge in [-0.3, -0.25) is 4.79 Å². The summed E-state index contributed by atoms with van der Waals surface area (Å²) < 4.78 is 20.2. The van der Waals surface area contributed by atoms with Crippen LogP contribution >= 0.6 is 0 Å². The molecular formula is C31H31FN6O3. The Labute approximate surface area is 237 Å². The molecule has 0 atom stereocenters. The average molecular weight is 555 g/mol. The Morgan fingerprint density at radius 3 is 2.68 bits per heavy atom. The van der Waals surface area contributed by atoms with Gasteiger partial charge in [-0.15, -0.1) is 0 Å². The number of aliphatic imine (C=N–C) groups is 2. The van der Waals surface area contributed by atoms with Crippen molar-refractivity contribution in [3.05, 3.63) is 103 Å². The van der Waals surface area contributed by atoms with Gasteiger partial charge >= 0.3 is 0 Å². The van der Waals surface area contributed by atoms with Gasteiger partial charge in [0.1, 0.15) is 11.6 Å². The van der Waals surface area contributed by atoms with E-state index >= 15 is 0 Å². The highest BCUT2D eigenvalue weighted by Crippen LogP contribution is 2.31. The summed E-state index contributed by atoms with van der Waals surface area (Å²) in [6.07, 6.45) is 3.98. The second-order valence-electron chi connectivity index (χ2n) is 9.54. The molecule has 1 fully saturated rings. The third-order valence-electron chi connectivity index (χ3n) is 6.50. The van der Waals surface area contributed by atoms with Gasteiger partial charge in [0.25, 0.3) is 0 Å². The minimum atomic E-state index is -0.522. The zero-order valence-electron chi connectivity index (χ0n) is 22.4. The molecule has 210 valence electrons. The van der Waals surface area contributed by atoms with Crippen molar-refractivity contribution in [3.8, 4) is 5.75 Å². The van der Waals surface area contributed by atoms with E-state index in [-0.39, 0.29) is 17.4 Å². The van der Waals surface area contributed by atoms with Crippen LogP contribution in [-0.4, -0.2) is 49.0 Å². The van der Waals surface area contributed by atoms with Gasteiger partial charge in [0.15, 0.2) is 0 Å². The van der Waals surface area contributed by atoms with E-state index in [0.29, 0.717) is 48.8 Å². The maximum atomic E-state index is 14.7. The SMILES string of the molecule is C=CC(=O)Nc1cc(F)cc(C2=NC(Nc3ccc(O)c(N4CCCOCC4)c3)=NC=C(Nc3ccccc3)C2)c1. The predicted octanol–water partition coefficient (Wildman–Crippen LogP) is 5.50. The largest absolute Gasteiger partial charge is 0.506 e. The van der Waals surface area contributed by atoms with Crippen molar-refractivity contribution in [2.24, 2.45) is 9.98 Å². The van der Waals surface area contributed by atoms with Crippen molar-refractivity contribution >= 4 is 40.3 Å². The van der Waals surface area contributed by atoms with Crippen molar-refractivity contribution in [2.75, 3.05) is 47.2 Å². The molecule has 2 aliphatic heterocycles. The Hall–Kier alpha value is -4.96. The van der Waals surface area contributed by atoms with Gasteiger partial charge < -0.3 is 30.7 Å². The lowest BCUT2D eigenvalue weighted by Crippen LogP contribution is -2.26. The van der Waals surface area contributed by atoms with Crippen LogP contribution in [0.1, 0.15) is 18.4 Å². The predicted molar refractivity (Wildman–Crippen MR) is 161 cm³/mol. The number of allylic oxidation sites excluding steroid dienone is 1. The Morgan fingerprint density at radius 2 is 1.85 bits per heavy atom. The Bertz CT molecular complexity index is 1510. The molecule has 0 unspecified atom stereocenters. The molecule has 1 amide bonds. The lowest BCUT2D eigenvalue weighted by atomic mass is 10.0. The minimum absolute atomic E-state index is 0.174. The standard InChI is InChI=1S/C31H31FN6O3/c1-2-30(40)35-25-16-21(15-22(32)17-25)27-18-26(34-23-7-4-3-5-8-23)20-33-31(37-27)36-24-9-10-29(39)28(19-24)38-11-6-13-41-14-12-38/h2-5,7-10,15-17,19-20,34,39H,1,6,11-14,18H2,(H,33,36)(H,35,40). The number of nitrogens with zero attached hydrogens (tertiary/aromatic N) is 3. The van der Waals surface area contributed by atoms with Gasteiger partial charge in [0.05, 0.1) is 24.2 Å². The molecule has 4 N–H and O–H groups in total. The Kier molecular flexibility index (Phi) is 8.70. The fourth-order valence-electron chi connectivity index (χ4n) is 4.56. The maximum absolute atomic E-state index is 14.7. The molecule has 1 saturated heterocycles. The summed E-state index contributed by atoms with van der Waals surface area (Å²) in [4.78, 5) is 23.3. The molecular weight excluding hydrogens is 523 g/mol. The van der Waals surface area contributed by atoms with Crippen LogP contribution in [0.25, 0.3) is 0 Å². The Morgan fingerprint density at radius 1 is 1.00 bits per heavy atom. The normalized spacial score (nSPS) is 15.4. The second-order valence-corrected chi connectivity index (χ2v) is 9.54. The van der Waals surface area contributed by atoms with Crippen LogP contribution in [0.5, 0.6) is 5.75 Å². The monoisotopic (exact) mass is 554 g/mol. The van der Waals surface area contributed by atoms with E-state index in [4.69, 9.17) is 9.73 Å². The van der Waals surface area contributed by atoms with E-state index in [2.05, 4.69) is 32.4 Å². The van der Waals surface area contributed by atoms with Crippen molar-refractivity contribution in [2.45, 2.75) is 12.8 Å². The fourth-order valence-corrected chi connectivity index (χ4v) is 4.56. The second kappa shape index (κ2) is 12.9. The number of halogens is 1. The van der Waals surface area contributed by atoms with E-state index < -0.39 is 11.7 Å². The Balaban J connectivity index is 1.48. The fraction of sp³-hybridized carbons (Fsp3) is 0.194. The molecule has 3 aromatic rings. The zero-order chi connectivity index (χ0) is 28.6. The molecule has 0 aliphatic carbocycles. The summed E-state index contributed by atoms with van der Waals surface area (Å²) >= 11 is 0. The number of amides is 1. The van der Waals surface area contributed by atoms with Crippen molar-refractivity contribution in [1.29, 1.82) is 0 Å². The first-order valence-corrected chi connectivity index (χ1v) is 13.3. The maximum Gasteiger partial charge on any atom is 0.247 e. The number of ether oxygens (including phenoxy) is 1. The number of hydrogen-bond donors (Lipinski definition) is 4. The van der Waals surface area contributed by atoms with Crippen LogP contribution in [0.2, 0.25) is 0 Å². The van der Waals surface area contributed by atoms with Crippen LogP contribution in [-0.2, 0) is 9.53 Å². The highest BCUT2D eigenvalue weighted by atomic mass is 19.1. The molecule has 0 radical (unpaired) electrons. The topological polar surface area (TPSA) is 111 Å². The molecule has 10 heteroatoms. The summed E-state index contributed by atoms with van der Waals surface area (Å²) in [6.45, 7) is 6.16. The van der Waals surface area contributed by atoms with Crippen LogP contribution in [0.15, 0.2) is 101 Å². The molecule has 2 aliphatic rings. The van der Waals surface area contributed by atoms with Gasteiger partial charge in [-0.2, -0.15) is 0 Å². The summed E-state index contributed by atoms with van der Waals surface area (Å²) in [5.74, 6) is -0.515.